The monoisotopic (exact) mass is 308 g/mol. The summed E-state index contributed by atoms with van der Waals surface area (Å²) >= 11 is 0. The van der Waals surface area contributed by atoms with Gasteiger partial charge in [-0.05, 0) is 24.6 Å². The van der Waals surface area contributed by atoms with Gasteiger partial charge in [-0.25, -0.2) is 18.4 Å². The summed E-state index contributed by atoms with van der Waals surface area (Å²) in [4.78, 5) is 7.84. The standard InChI is InChI=1S/C13H16N4O3S/c1-2-14-13-15-7-12(8-16-13)21(19,20)17-11-5-3-10(9-18)4-6-11/h3-8,17-18H,2,9H2,1H3,(H,14,15,16). The predicted octanol–water partition coefficient (Wildman–Crippen LogP) is 1.20. The van der Waals surface area contributed by atoms with E-state index in [0.29, 0.717) is 23.7 Å². The van der Waals surface area contributed by atoms with E-state index in [1.165, 1.54) is 12.4 Å². The molecule has 0 amide bonds. The normalized spacial score (nSPS) is 11.1. The molecule has 0 bridgehead atoms. The lowest BCUT2D eigenvalue weighted by atomic mass is 10.2. The molecule has 0 aliphatic rings. The number of aromatic nitrogens is 2. The summed E-state index contributed by atoms with van der Waals surface area (Å²) in [6.45, 7) is 2.46. The minimum atomic E-state index is -3.73. The molecule has 1 aromatic heterocycles. The van der Waals surface area contributed by atoms with Gasteiger partial charge < -0.3 is 10.4 Å². The first-order chi connectivity index (χ1) is 10.0. The molecule has 2 aromatic rings. The van der Waals surface area contributed by atoms with Gasteiger partial charge in [0.2, 0.25) is 5.95 Å². The number of aliphatic hydroxyl groups excluding tert-OH is 1. The maximum Gasteiger partial charge on any atom is 0.264 e. The van der Waals surface area contributed by atoms with Crippen LogP contribution in [0.4, 0.5) is 11.6 Å². The molecule has 3 N–H and O–H groups in total. The van der Waals surface area contributed by atoms with Crippen LogP contribution in [0.5, 0.6) is 0 Å². The van der Waals surface area contributed by atoms with E-state index in [1.54, 1.807) is 24.3 Å². The molecule has 7 nitrogen and oxygen atoms in total. The van der Waals surface area contributed by atoms with Crippen LogP contribution < -0.4 is 10.0 Å². The zero-order chi connectivity index (χ0) is 15.3. The third-order valence-corrected chi connectivity index (χ3v) is 4.00. The molecule has 1 heterocycles. The Hall–Kier alpha value is -2.19. The van der Waals surface area contributed by atoms with Crippen molar-refractivity contribution in [3.63, 3.8) is 0 Å². The Bertz CT molecular complexity index is 684. The lowest BCUT2D eigenvalue weighted by molar-refractivity contribution is 0.282. The molecule has 0 saturated heterocycles. The van der Waals surface area contributed by atoms with E-state index in [-0.39, 0.29) is 11.5 Å². The van der Waals surface area contributed by atoms with Crippen molar-refractivity contribution in [3.8, 4) is 0 Å². The topological polar surface area (TPSA) is 104 Å². The van der Waals surface area contributed by atoms with Crippen molar-refractivity contribution in [1.29, 1.82) is 0 Å². The minimum absolute atomic E-state index is 0.0182. The Balaban J connectivity index is 2.16. The summed E-state index contributed by atoms with van der Waals surface area (Å²) in [6.07, 6.45) is 2.49. The van der Waals surface area contributed by atoms with Crippen LogP contribution in [-0.4, -0.2) is 30.0 Å². The highest BCUT2D eigenvalue weighted by Gasteiger charge is 2.15. The number of sulfonamides is 1. The van der Waals surface area contributed by atoms with E-state index in [1.807, 2.05) is 6.92 Å². The smallest absolute Gasteiger partial charge is 0.264 e. The molecule has 0 saturated carbocycles. The molecule has 0 aliphatic heterocycles. The molecule has 0 atom stereocenters. The van der Waals surface area contributed by atoms with Crippen LogP contribution in [0, 0.1) is 0 Å². The van der Waals surface area contributed by atoms with Gasteiger partial charge in [-0.3, -0.25) is 4.72 Å². The molecule has 0 spiro atoms. The number of benzene rings is 1. The second-order valence-corrected chi connectivity index (χ2v) is 5.92. The van der Waals surface area contributed by atoms with Crippen molar-refractivity contribution in [2.45, 2.75) is 18.4 Å². The second kappa shape index (κ2) is 6.51. The molecule has 1 aromatic carbocycles. The Morgan fingerprint density at radius 2 is 1.76 bits per heavy atom. The van der Waals surface area contributed by atoms with E-state index in [2.05, 4.69) is 20.0 Å². The van der Waals surface area contributed by atoms with Crippen molar-refractivity contribution >= 4 is 21.7 Å². The van der Waals surface area contributed by atoms with Crippen molar-refractivity contribution in [2.75, 3.05) is 16.6 Å². The van der Waals surface area contributed by atoms with Gasteiger partial charge >= 0.3 is 0 Å². The van der Waals surface area contributed by atoms with Gasteiger partial charge in [-0.1, -0.05) is 12.1 Å². The lowest BCUT2D eigenvalue weighted by Crippen LogP contribution is -2.14. The van der Waals surface area contributed by atoms with Gasteiger partial charge in [0, 0.05) is 12.2 Å². The van der Waals surface area contributed by atoms with Crippen LogP contribution in [-0.2, 0) is 16.6 Å². The predicted molar refractivity (Wildman–Crippen MR) is 79.4 cm³/mol. The number of rotatable bonds is 6. The summed E-state index contributed by atoms with van der Waals surface area (Å²) in [6, 6.07) is 6.44. The van der Waals surface area contributed by atoms with E-state index in [9.17, 15) is 8.42 Å². The van der Waals surface area contributed by atoms with Gasteiger partial charge in [0.25, 0.3) is 10.0 Å². The second-order valence-electron chi connectivity index (χ2n) is 4.23. The van der Waals surface area contributed by atoms with Crippen LogP contribution >= 0.6 is 0 Å². The highest BCUT2D eigenvalue weighted by atomic mass is 32.2. The first kappa shape index (κ1) is 15.2. The lowest BCUT2D eigenvalue weighted by Gasteiger charge is -2.08. The number of nitrogens with zero attached hydrogens (tertiary/aromatic N) is 2. The van der Waals surface area contributed by atoms with Crippen LogP contribution in [0.15, 0.2) is 41.6 Å². The van der Waals surface area contributed by atoms with Gasteiger partial charge in [0.1, 0.15) is 4.90 Å². The van der Waals surface area contributed by atoms with Crippen molar-refractivity contribution < 1.29 is 13.5 Å². The van der Waals surface area contributed by atoms with Crippen LogP contribution in [0.2, 0.25) is 0 Å². The molecule has 0 aliphatic carbocycles. The molecule has 21 heavy (non-hydrogen) atoms. The highest BCUT2D eigenvalue weighted by Crippen LogP contribution is 2.16. The van der Waals surface area contributed by atoms with Crippen LogP contribution in [0.1, 0.15) is 12.5 Å². The van der Waals surface area contributed by atoms with Gasteiger partial charge in [-0.2, -0.15) is 0 Å². The summed E-state index contributed by atoms with van der Waals surface area (Å²) in [5.41, 5.74) is 1.11. The molecule has 8 heteroatoms. The van der Waals surface area contributed by atoms with Crippen LogP contribution in [0.3, 0.4) is 0 Å². The Labute approximate surface area is 123 Å². The number of hydrogen-bond donors (Lipinski definition) is 3. The van der Waals surface area contributed by atoms with Crippen molar-refractivity contribution in [1.82, 2.24) is 9.97 Å². The zero-order valence-electron chi connectivity index (χ0n) is 11.4. The van der Waals surface area contributed by atoms with Gasteiger partial charge in [0.15, 0.2) is 0 Å². The minimum Gasteiger partial charge on any atom is -0.392 e. The summed E-state index contributed by atoms with van der Waals surface area (Å²) in [7, 11) is -3.73. The summed E-state index contributed by atoms with van der Waals surface area (Å²) in [5, 5.41) is 11.8. The van der Waals surface area contributed by atoms with E-state index in [4.69, 9.17) is 5.11 Å². The molecule has 0 unspecified atom stereocenters. The van der Waals surface area contributed by atoms with Gasteiger partial charge in [0.05, 0.1) is 19.0 Å². The van der Waals surface area contributed by atoms with E-state index in [0.717, 1.165) is 0 Å². The molecule has 2 rings (SSSR count). The molecule has 0 radical (unpaired) electrons. The number of anilines is 2. The number of aliphatic hydroxyl groups is 1. The maximum atomic E-state index is 12.2. The third kappa shape index (κ3) is 3.89. The number of nitrogens with one attached hydrogen (secondary N) is 2. The largest absolute Gasteiger partial charge is 0.392 e. The molecular formula is C13H16N4O3S. The van der Waals surface area contributed by atoms with Gasteiger partial charge in [-0.15, -0.1) is 0 Å². The van der Waals surface area contributed by atoms with Crippen molar-refractivity contribution in [2.24, 2.45) is 0 Å². The average molecular weight is 308 g/mol. The molecular weight excluding hydrogens is 292 g/mol. The molecule has 112 valence electrons. The first-order valence-corrected chi connectivity index (χ1v) is 7.82. The fraction of sp³-hybridized carbons (Fsp3) is 0.231. The number of hydrogen-bond acceptors (Lipinski definition) is 6. The Kier molecular flexibility index (Phi) is 4.71. The fourth-order valence-electron chi connectivity index (χ4n) is 1.60. The summed E-state index contributed by atoms with van der Waals surface area (Å²) in [5.74, 6) is 0.378. The highest BCUT2D eigenvalue weighted by molar-refractivity contribution is 7.92. The zero-order valence-corrected chi connectivity index (χ0v) is 12.3. The third-order valence-electron chi connectivity index (χ3n) is 2.66. The van der Waals surface area contributed by atoms with E-state index >= 15 is 0 Å². The summed E-state index contributed by atoms with van der Waals surface area (Å²) < 4.78 is 26.8. The maximum absolute atomic E-state index is 12.2. The fourth-order valence-corrected chi connectivity index (χ4v) is 2.54. The average Bonchev–Trinajstić information content (AvgIpc) is 2.48. The molecule has 0 fully saturated rings. The quantitative estimate of drug-likeness (QED) is 0.741. The SMILES string of the molecule is CCNc1ncc(S(=O)(=O)Nc2ccc(CO)cc2)cn1. The van der Waals surface area contributed by atoms with Crippen molar-refractivity contribution in [3.05, 3.63) is 42.2 Å². The Morgan fingerprint density at radius 1 is 1.14 bits per heavy atom. The van der Waals surface area contributed by atoms with E-state index < -0.39 is 10.0 Å². The Morgan fingerprint density at radius 3 is 2.29 bits per heavy atom. The van der Waals surface area contributed by atoms with Crippen LogP contribution in [0.25, 0.3) is 0 Å². The first-order valence-electron chi connectivity index (χ1n) is 6.33.